The van der Waals surface area contributed by atoms with Gasteiger partial charge in [0.15, 0.2) is 0 Å². The van der Waals surface area contributed by atoms with Gasteiger partial charge in [-0.2, -0.15) is 0 Å². The second-order valence-corrected chi connectivity index (χ2v) is 5.49. The monoisotopic (exact) mass is 277 g/mol. The summed E-state index contributed by atoms with van der Waals surface area (Å²) in [5.74, 6) is 0.886. The van der Waals surface area contributed by atoms with E-state index in [2.05, 4.69) is 14.9 Å². The molecule has 1 fully saturated rings. The Hall–Kier alpha value is -1.89. The van der Waals surface area contributed by atoms with Crippen LogP contribution in [0.1, 0.15) is 6.92 Å². The molecule has 0 saturated carbocycles. The average molecular weight is 277 g/mol. The van der Waals surface area contributed by atoms with E-state index in [1.807, 2.05) is 18.4 Å². The van der Waals surface area contributed by atoms with Crippen molar-refractivity contribution in [2.45, 2.75) is 13.0 Å². The first-order valence-electron chi connectivity index (χ1n) is 6.07. The lowest BCUT2D eigenvalue weighted by Crippen LogP contribution is -2.56. The molecule has 19 heavy (non-hydrogen) atoms. The molecule has 3 heterocycles. The van der Waals surface area contributed by atoms with Crippen LogP contribution in [0.2, 0.25) is 0 Å². The number of carbonyl (C=O) groups is 1. The lowest BCUT2D eigenvalue weighted by molar-refractivity contribution is -0.266. The molecule has 0 radical (unpaired) electrons. The fraction of sp³-hybridized carbons (Fsp3) is 0.417. The van der Waals surface area contributed by atoms with Crippen LogP contribution in [-0.2, 0) is 0 Å². The number of rotatable bonds is 1. The fourth-order valence-electron chi connectivity index (χ4n) is 2.44. The van der Waals surface area contributed by atoms with Crippen LogP contribution in [0, 0.1) is 0 Å². The molecule has 1 unspecified atom stereocenters. The van der Waals surface area contributed by atoms with Gasteiger partial charge >= 0.3 is 0 Å². The van der Waals surface area contributed by atoms with Gasteiger partial charge in [0, 0.05) is 25.7 Å². The van der Waals surface area contributed by atoms with E-state index in [1.165, 1.54) is 4.90 Å². The van der Waals surface area contributed by atoms with Crippen molar-refractivity contribution in [3.8, 4) is 0 Å². The summed E-state index contributed by atoms with van der Waals surface area (Å²) in [5, 5.41) is 13.9. The third kappa shape index (κ3) is 2.10. The molecule has 0 aromatic carbocycles. The Kier molecular flexibility index (Phi) is 2.98. The highest BCUT2D eigenvalue weighted by molar-refractivity contribution is 7.16. The fourth-order valence-corrected chi connectivity index (χ4v) is 3.17. The Morgan fingerprint density at radius 2 is 2.32 bits per heavy atom. The summed E-state index contributed by atoms with van der Waals surface area (Å²) in [6.45, 7) is 3.51. The first kappa shape index (κ1) is 12.2. The zero-order valence-electron chi connectivity index (χ0n) is 10.4. The minimum absolute atomic E-state index is 0.0737. The number of carbonyl (C=O) groups excluding carboxylic acids is 1. The third-order valence-corrected chi connectivity index (χ3v) is 4.22. The number of hydrogen-bond donors (Lipinski definition) is 0. The van der Waals surface area contributed by atoms with E-state index in [0.717, 1.165) is 16.0 Å². The summed E-state index contributed by atoms with van der Waals surface area (Å²) in [6.07, 6.45) is 0.460. The Morgan fingerprint density at radius 3 is 3.05 bits per heavy atom. The SMILES string of the molecule is CC1CN(C(=O)[O-])CCN1c1ncnc2sccc12. The number of nitrogens with zero attached hydrogens (tertiary/aromatic N) is 4. The van der Waals surface area contributed by atoms with Crippen molar-refractivity contribution in [3.63, 3.8) is 0 Å². The van der Waals surface area contributed by atoms with Crippen LogP contribution in [0.3, 0.4) is 0 Å². The van der Waals surface area contributed by atoms with E-state index >= 15 is 0 Å². The van der Waals surface area contributed by atoms with Crippen molar-refractivity contribution in [3.05, 3.63) is 17.8 Å². The van der Waals surface area contributed by atoms with Crippen molar-refractivity contribution >= 4 is 33.5 Å². The van der Waals surface area contributed by atoms with Crippen LogP contribution < -0.4 is 10.0 Å². The molecule has 0 spiro atoms. The van der Waals surface area contributed by atoms with Crippen LogP contribution in [0.15, 0.2) is 17.8 Å². The van der Waals surface area contributed by atoms with E-state index < -0.39 is 6.09 Å². The zero-order chi connectivity index (χ0) is 13.4. The molecule has 2 aromatic heterocycles. The van der Waals surface area contributed by atoms with Crippen molar-refractivity contribution in [2.24, 2.45) is 0 Å². The molecule has 1 atom stereocenters. The summed E-state index contributed by atoms with van der Waals surface area (Å²) in [6, 6.07) is 2.08. The van der Waals surface area contributed by atoms with Gasteiger partial charge < -0.3 is 19.7 Å². The molecule has 100 valence electrons. The van der Waals surface area contributed by atoms with E-state index in [-0.39, 0.29) is 6.04 Å². The number of carboxylic acid groups (broad SMARTS) is 1. The van der Waals surface area contributed by atoms with Crippen LogP contribution in [0.5, 0.6) is 0 Å². The van der Waals surface area contributed by atoms with Gasteiger partial charge in [-0.1, -0.05) is 0 Å². The van der Waals surface area contributed by atoms with Gasteiger partial charge in [-0.3, -0.25) is 0 Å². The topological polar surface area (TPSA) is 72.4 Å². The molecule has 0 aliphatic carbocycles. The molecule has 1 saturated heterocycles. The number of amides is 1. The van der Waals surface area contributed by atoms with Gasteiger partial charge in [0.2, 0.25) is 0 Å². The quantitative estimate of drug-likeness (QED) is 0.761. The smallest absolute Gasteiger partial charge is 0.141 e. The highest BCUT2D eigenvalue weighted by atomic mass is 32.1. The molecular weight excluding hydrogens is 264 g/mol. The Labute approximate surface area is 114 Å². The van der Waals surface area contributed by atoms with Gasteiger partial charge in [-0.05, 0) is 18.4 Å². The maximum absolute atomic E-state index is 10.9. The summed E-state index contributed by atoms with van der Waals surface area (Å²) in [7, 11) is 0. The van der Waals surface area contributed by atoms with Crippen molar-refractivity contribution in [2.75, 3.05) is 24.5 Å². The van der Waals surface area contributed by atoms with Crippen molar-refractivity contribution < 1.29 is 9.90 Å². The number of thiophene rings is 1. The number of anilines is 1. The third-order valence-electron chi connectivity index (χ3n) is 3.40. The van der Waals surface area contributed by atoms with Gasteiger partial charge in [-0.25, -0.2) is 9.97 Å². The van der Waals surface area contributed by atoms with E-state index in [4.69, 9.17) is 0 Å². The normalized spacial score (nSPS) is 19.9. The van der Waals surface area contributed by atoms with E-state index in [0.29, 0.717) is 19.6 Å². The summed E-state index contributed by atoms with van der Waals surface area (Å²) in [5.41, 5.74) is 0. The molecule has 1 aliphatic heterocycles. The number of fused-ring (bicyclic) bond motifs is 1. The molecule has 1 aliphatic rings. The summed E-state index contributed by atoms with van der Waals surface area (Å²) in [4.78, 5) is 23.9. The molecule has 1 amide bonds. The molecule has 3 rings (SSSR count). The number of hydrogen-bond acceptors (Lipinski definition) is 6. The van der Waals surface area contributed by atoms with Crippen LogP contribution in [0.25, 0.3) is 10.2 Å². The minimum Gasteiger partial charge on any atom is -0.530 e. The Bertz CT molecular complexity index is 615. The predicted molar refractivity (Wildman–Crippen MR) is 71.2 cm³/mol. The van der Waals surface area contributed by atoms with E-state index in [9.17, 15) is 9.90 Å². The van der Waals surface area contributed by atoms with Crippen molar-refractivity contribution in [1.29, 1.82) is 0 Å². The zero-order valence-corrected chi connectivity index (χ0v) is 11.3. The lowest BCUT2D eigenvalue weighted by atomic mass is 10.2. The number of aromatic nitrogens is 2. The van der Waals surface area contributed by atoms with E-state index in [1.54, 1.807) is 17.7 Å². The lowest BCUT2D eigenvalue weighted by Gasteiger charge is -2.41. The van der Waals surface area contributed by atoms with Gasteiger partial charge in [0.1, 0.15) is 23.1 Å². The molecule has 2 aromatic rings. The maximum Gasteiger partial charge on any atom is 0.141 e. The van der Waals surface area contributed by atoms with Gasteiger partial charge in [0.05, 0.1) is 5.39 Å². The summed E-state index contributed by atoms with van der Waals surface area (Å²) >= 11 is 1.58. The standard InChI is InChI=1S/C12H14N4O2S/c1-8-6-15(12(17)18)3-4-16(8)10-9-2-5-19-11(9)14-7-13-10/h2,5,7-8H,3-4,6H2,1H3,(H,17,18)/p-1. The molecular formula is C12H13N4O2S-. The molecule has 0 N–H and O–H groups in total. The Morgan fingerprint density at radius 1 is 1.47 bits per heavy atom. The molecule has 0 bridgehead atoms. The first-order chi connectivity index (χ1) is 9.16. The maximum atomic E-state index is 10.9. The summed E-state index contributed by atoms with van der Waals surface area (Å²) < 4.78 is 0. The van der Waals surface area contributed by atoms with Crippen LogP contribution in [0.4, 0.5) is 10.6 Å². The minimum atomic E-state index is -1.10. The van der Waals surface area contributed by atoms with Crippen molar-refractivity contribution in [1.82, 2.24) is 14.9 Å². The highest BCUT2D eigenvalue weighted by Gasteiger charge is 2.26. The largest absolute Gasteiger partial charge is 0.530 e. The molecule has 6 nitrogen and oxygen atoms in total. The van der Waals surface area contributed by atoms with Crippen LogP contribution in [-0.4, -0.2) is 46.6 Å². The van der Waals surface area contributed by atoms with Crippen LogP contribution >= 0.6 is 11.3 Å². The predicted octanol–water partition coefficient (Wildman–Crippen LogP) is 0.545. The van der Waals surface area contributed by atoms with Gasteiger partial charge in [-0.15, -0.1) is 11.3 Å². The average Bonchev–Trinajstić information content (AvgIpc) is 2.86. The first-order valence-corrected chi connectivity index (χ1v) is 6.95. The highest BCUT2D eigenvalue weighted by Crippen LogP contribution is 2.28. The second-order valence-electron chi connectivity index (χ2n) is 4.59. The second kappa shape index (κ2) is 4.65. The number of piperazine rings is 1. The molecule has 7 heteroatoms. The van der Waals surface area contributed by atoms with Gasteiger partial charge in [0.25, 0.3) is 0 Å². The Balaban J connectivity index is 1.91.